The fourth-order valence-electron chi connectivity index (χ4n) is 3.85. The molecule has 5 nitrogen and oxygen atoms in total. The van der Waals surface area contributed by atoms with Gasteiger partial charge in [0.25, 0.3) is 5.91 Å². The molecule has 4 rings (SSSR count). The lowest BCUT2D eigenvalue weighted by atomic mass is 10.0. The number of hydrogen-bond donors (Lipinski definition) is 1. The Morgan fingerprint density at radius 2 is 1.97 bits per heavy atom. The third kappa shape index (κ3) is 5.54. The van der Waals surface area contributed by atoms with Gasteiger partial charge < -0.3 is 10.2 Å². The minimum absolute atomic E-state index is 0.0281. The Bertz CT molecular complexity index is 866. The van der Waals surface area contributed by atoms with Crippen LogP contribution in [0, 0.1) is 5.92 Å². The smallest absolute Gasteiger partial charge is 0.251 e. The molecule has 1 atom stereocenters. The van der Waals surface area contributed by atoms with Crippen LogP contribution in [0.5, 0.6) is 0 Å². The number of amides is 1. The number of rotatable bonds is 8. The quantitative estimate of drug-likeness (QED) is 0.485. The molecule has 2 fully saturated rings. The lowest BCUT2D eigenvalue weighted by molar-refractivity contribution is 0.0952. The summed E-state index contributed by atoms with van der Waals surface area (Å²) >= 11 is 1.67. The van der Waals surface area contributed by atoms with Crippen LogP contribution in [0.4, 0.5) is 5.82 Å². The summed E-state index contributed by atoms with van der Waals surface area (Å²) < 4.78 is 0. The number of anilines is 1. The maximum absolute atomic E-state index is 12.2. The van der Waals surface area contributed by atoms with Crippen molar-refractivity contribution in [3.63, 3.8) is 0 Å². The summed E-state index contributed by atoms with van der Waals surface area (Å²) in [7, 11) is 0. The van der Waals surface area contributed by atoms with Crippen LogP contribution in [0.1, 0.15) is 67.6 Å². The summed E-state index contributed by atoms with van der Waals surface area (Å²) in [5.41, 5.74) is 3.01. The molecule has 30 heavy (non-hydrogen) atoms. The van der Waals surface area contributed by atoms with Gasteiger partial charge in [-0.1, -0.05) is 30.8 Å². The fraction of sp³-hybridized carbons (Fsp3) is 0.542. The van der Waals surface area contributed by atoms with E-state index in [4.69, 9.17) is 9.97 Å². The van der Waals surface area contributed by atoms with Gasteiger partial charge in [0.15, 0.2) is 5.16 Å². The molecule has 1 saturated heterocycles. The van der Waals surface area contributed by atoms with E-state index in [1.54, 1.807) is 11.8 Å². The molecule has 1 aromatic heterocycles. The maximum Gasteiger partial charge on any atom is 0.251 e. The number of piperidine rings is 1. The lowest BCUT2D eigenvalue weighted by Crippen LogP contribution is -2.38. The van der Waals surface area contributed by atoms with E-state index < -0.39 is 0 Å². The summed E-state index contributed by atoms with van der Waals surface area (Å²) in [5.74, 6) is 2.59. The number of aromatic nitrogens is 2. The molecule has 160 valence electrons. The van der Waals surface area contributed by atoms with Crippen LogP contribution >= 0.6 is 11.8 Å². The zero-order valence-electron chi connectivity index (χ0n) is 18.1. The molecule has 0 radical (unpaired) electrons. The van der Waals surface area contributed by atoms with Gasteiger partial charge in [-0.25, -0.2) is 9.97 Å². The van der Waals surface area contributed by atoms with Crippen LogP contribution in [0.25, 0.3) is 0 Å². The minimum atomic E-state index is 0.0281. The summed E-state index contributed by atoms with van der Waals surface area (Å²) in [5, 5.41) is 3.86. The Morgan fingerprint density at radius 3 is 2.67 bits per heavy atom. The Balaban J connectivity index is 1.38. The number of aryl methyl sites for hydroxylation is 1. The average molecular weight is 425 g/mol. The van der Waals surface area contributed by atoms with E-state index in [1.165, 1.54) is 37.7 Å². The molecule has 2 heterocycles. The highest BCUT2D eigenvalue weighted by molar-refractivity contribution is 7.98. The summed E-state index contributed by atoms with van der Waals surface area (Å²) in [6.07, 6.45) is 7.18. The largest absolute Gasteiger partial charge is 0.354 e. The number of carbonyl (C=O) groups excluding carboxylic acids is 1. The molecule has 6 heteroatoms. The molecule has 0 unspecified atom stereocenters. The van der Waals surface area contributed by atoms with Crippen molar-refractivity contribution < 1.29 is 4.79 Å². The first kappa shape index (κ1) is 21.2. The first-order valence-corrected chi connectivity index (χ1v) is 12.3. The molecule has 0 spiro atoms. The van der Waals surface area contributed by atoms with E-state index in [2.05, 4.69) is 30.1 Å². The Morgan fingerprint density at radius 1 is 1.17 bits per heavy atom. The molecule has 1 saturated carbocycles. The van der Waals surface area contributed by atoms with Crippen molar-refractivity contribution in [2.45, 2.75) is 69.3 Å². The third-order valence-electron chi connectivity index (χ3n) is 6.04. The van der Waals surface area contributed by atoms with Gasteiger partial charge in [0.05, 0.1) is 0 Å². The average Bonchev–Trinajstić information content (AvgIpc) is 3.61. The zero-order chi connectivity index (χ0) is 20.9. The number of carbonyl (C=O) groups is 1. The summed E-state index contributed by atoms with van der Waals surface area (Å²) in [6.45, 7) is 6.32. The second-order valence-corrected chi connectivity index (χ2v) is 9.47. The van der Waals surface area contributed by atoms with Gasteiger partial charge in [-0.05, 0) is 69.1 Å². The Kier molecular flexibility index (Phi) is 6.93. The SMILES string of the molecule is CCc1cc(N2CCCC[C@H]2C)nc(SCc2ccc(C(=O)NCC3CC3)cc2)n1. The molecule has 0 bridgehead atoms. The molecule has 1 N–H and O–H groups in total. The van der Waals surface area contributed by atoms with Crippen LogP contribution < -0.4 is 10.2 Å². The topological polar surface area (TPSA) is 58.1 Å². The molecule has 2 aliphatic rings. The van der Waals surface area contributed by atoms with E-state index in [-0.39, 0.29) is 5.91 Å². The third-order valence-corrected chi connectivity index (χ3v) is 6.96. The van der Waals surface area contributed by atoms with Crippen molar-refractivity contribution in [1.29, 1.82) is 0 Å². The van der Waals surface area contributed by atoms with Crippen LogP contribution in [-0.4, -0.2) is 35.0 Å². The molecular formula is C24H32N4OS. The number of nitrogens with one attached hydrogen (secondary N) is 1. The second-order valence-electron chi connectivity index (χ2n) is 8.53. The highest BCUT2D eigenvalue weighted by Crippen LogP contribution is 2.28. The van der Waals surface area contributed by atoms with Crippen LogP contribution in [0.15, 0.2) is 35.5 Å². The van der Waals surface area contributed by atoms with E-state index in [9.17, 15) is 4.79 Å². The van der Waals surface area contributed by atoms with Crippen molar-refractivity contribution in [1.82, 2.24) is 15.3 Å². The number of hydrogen-bond acceptors (Lipinski definition) is 5. The van der Waals surface area contributed by atoms with Gasteiger partial charge in [-0.15, -0.1) is 0 Å². The zero-order valence-corrected chi connectivity index (χ0v) is 18.9. The van der Waals surface area contributed by atoms with E-state index >= 15 is 0 Å². The van der Waals surface area contributed by atoms with Gasteiger partial charge in [0.2, 0.25) is 0 Å². The van der Waals surface area contributed by atoms with Crippen LogP contribution in [0.2, 0.25) is 0 Å². The number of thioether (sulfide) groups is 1. The van der Waals surface area contributed by atoms with E-state index in [1.807, 2.05) is 24.3 Å². The van der Waals surface area contributed by atoms with E-state index in [0.29, 0.717) is 12.0 Å². The maximum atomic E-state index is 12.2. The van der Waals surface area contributed by atoms with Gasteiger partial charge in [0, 0.05) is 42.2 Å². The van der Waals surface area contributed by atoms with Gasteiger partial charge in [-0.3, -0.25) is 4.79 Å². The standard InChI is InChI=1S/C24H32N4OS/c1-3-21-14-22(28-13-5-4-6-17(28)2)27-24(26-21)30-16-19-9-11-20(12-10-19)23(29)25-15-18-7-8-18/h9-12,14,17-18H,3-8,13,15-16H2,1-2H3,(H,25,29)/t17-/m1/s1. The van der Waals surface area contributed by atoms with Gasteiger partial charge >= 0.3 is 0 Å². The van der Waals surface area contributed by atoms with Crippen molar-refractivity contribution in [3.05, 3.63) is 47.2 Å². The summed E-state index contributed by atoms with van der Waals surface area (Å²) in [6, 6.07) is 10.6. The molecule has 1 aliphatic carbocycles. The van der Waals surface area contributed by atoms with Crippen LogP contribution in [-0.2, 0) is 12.2 Å². The first-order valence-electron chi connectivity index (χ1n) is 11.3. The second kappa shape index (κ2) is 9.82. The fourth-order valence-corrected chi connectivity index (χ4v) is 4.68. The Labute approximate surface area is 184 Å². The molecule has 1 amide bonds. The van der Waals surface area contributed by atoms with Crippen molar-refractivity contribution >= 4 is 23.5 Å². The molecule has 1 aliphatic heterocycles. The van der Waals surface area contributed by atoms with Crippen molar-refractivity contribution in [2.75, 3.05) is 18.0 Å². The monoisotopic (exact) mass is 424 g/mol. The number of nitrogens with zero attached hydrogens (tertiary/aromatic N) is 3. The lowest BCUT2D eigenvalue weighted by Gasteiger charge is -2.34. The van der Waals surface area contributed by atoms with Gasteiger partial charge in [0.1, 0.15) is 5.82 Å². The van der Waals surface area contributed by atoms with E-state index in [0.717, 1.165) is 47.5 Å². The van der Waals surface area contributed by atoms with Gasteiger partial charge in [-0.2, -0.15) is 0 Å². The predicted octanol–water partition coefficient (Wildman–Crippen LogP) is 4.85. The molecular weight excluding hydrogens is 392 g/mol. The van der Waals surface area contributed by atoms with Crippen LogP contribution in [0.3, 0.4) is 0 Å². The normalized spacial score (nSPS) is 19.0. The highest BCUT2D eigenvalue weighted by Gasteiger charge is 2.22. The van der Waals surface area contributed by atoms with Crippen molar-refractivity contribution in [3.8, 4) is 0 Å². The molecule has 1 aromatic carbocycles. The highest BCUT2D eigenvalue weighted by atomic mass is 32.2. The molecule has 2 aromatic rings. The number of benzene rings is 1. The predicted molar refractivity (Wildman–Crippen MR) is 123 cm³/mol. The first-order chi connectivity index (χ1) is 14.6. The minimum Gasteiger partial charge on any atom is -0.354 e. The Hall–Kier alpha value is -2.08. The summed E-state index contributed by atoms with van der Waals surface area (Å²) in [4.78, 5) is 24.3. The van der Waals surface area contributed by atoms with Crippen molar-refractivity contribution in [2.24, 2.45) is 5.92 Å².